The number of hydrogen-bond donors (Lipinski definition) is 2. The summed E-state index contributed by atoms with van der Waals surface area (Å²) in [4.78, 5) is 4.23. The van der Waals surface area contributed by atoms with E-state index in [4.69, 9.17) is 9.47 Å². The third-order valence-electron chi connectivity index (χ3n) is 3.47. The van der Waals surface area contributed by atoms with E-state index < -0.39 is 0 Å². The molecule has 1 aliphatic rings. The number of aromatic nitrogens is 2. The predicted molar refractivity (Wildman–Crippen MR) is 102 cm³/mol. The maximum absolute atomic E-state index is 5.80. The molecule has 2 N–H and O–H groups in total. The topological polar surface area (TPSA) is 72.7 Å². The van der Waals surface area contributed by atoms with Gasteiger partial charge in [0, 0.05) is 32.4 Å². The Hall–Kier alpha value is -0.870. The fourth-order valence-corrected chi connectivity index (χ4v) is 2.27. The van der Waals surface area contributed by atoms with E-state index in [1.165, 1.54) is 5.56 Å². The van der Waals surface area contributed by atoms with Gasteiger partial charge in [0.2, 0.25) is 0 Å². The van der Waals surface area contributed by atoms with E-state index >= 15 is 0 Å². The van der Waals surface area contributed by atoms with Gasteiger partial charge in [0.25, 0.3) is 0 Å². The highest BCUT2D eigenvalue weighted by Gasteiger charge is 2.17. The van der Waals surface area contributed by atoms with Crippen molar-refractivity contribution >= 4 is 29.9 Å². The molecule has 0 aromatic carbocycles. The van der Waals surface area contributed by atoms with Gasteiger partial charge in [0.1, 0.15) is 0 Å². The van der Waals surface area contributed by atoms with E-state index in [0.29, 0.717) is 13.2 Å². The van der Waals surface area contributed by atoms with E-state index in [9.17, 15) is 0 Å². The molecule has 2 heterocycles. The van der Waals surface area contributed by atoms with Crippen molar-refractivity contribution in [3.8, 4) is 0 Å². The standard InChI is InChI=1S/C15H27N5O2.HI/c1-12-8-18-20(9-12)6-5-17-15(16-3)19-13(2)10-22-14-4-7-21-11-14;/h8-9,13-14H,4-7,10-11H2,1-3H3,(H2,16,17,19);1H. The van der Waals surface area contributed by atoms with Crippen molar-refractivity contribution in [2.45, 2.75) is 39.0 Å². The number of guanidine groups is 1. The van der Waals surface area contributed by atoms with Crippen LogP contribution in [0.15, 0.2) is 17.4 Å². The van der Waals surface area contributed by atoms with Crippen LogP contribution in [0.1, 0.15) is 18.9 Å². The molecule has 0 spiro atoms. The molecule has 132 valence electrons. The maximum Gasteiger partial charge on any atom is 0.191 e. The van der Waals surface area contributed by atoms with Crippen molar-refractivity contribution in [3.63, 3.8) is 0 Å². The summed E-state index contributed by atoms with van der Waals surface area (Å²) >= 11 is 0. The third kappa shape index (κ3) is 7.49. The molecule has 2 atom stereocenters. The van der Waals surface area contributed by atoms with Gasteiger partial charge < -0.3 is 20.1 Å². The van der Waals surface area contributed by atoms with Gasteiger partial charge in [-0.15, -0.1) is 24.0 Å². The van der Waals surface area contributed by atoms with Gasteiger partial charge in [-0.05, 0) is 25.8 Å². The molecule has 2 unspecified atom stereocenters. The SMILES string of the molecule is CN=C(NCCn1cc(C)cn1)NC(C)COC1CCOC1.I. The Morgan fingerprint density at radius 1 is 1.61 bits per heavy atom. The molecular formula is C15H28IN5O2. The largest absolute Gasteiger partial charge is 0.379 e. The van der Waals surface area contributed by atoms with E-state index in [1.807, 2.05) is 24.0 Å². The summed E-state index contributed by atoms with van der Waals surface area (Å²) in [7, 11) is 1.77. The van der Waals surface area contributed by atoms with Gasteiger partial charge in [0.05, 0.1) is 32.1 Å². The van der Waals surface area contributed by atoms with Crippen LogP contribution in [0.5, 0.6) is 0 Å². The number of rotatable bonds is 7. The highest BCUT2D eigenvalue weighted by Crippen LogP contribution is 2.08. The van der Waals surface area contributed by atoms with Gasteiger partial charge in [-0.2, -0.15) is 5.10 Å². The first-order valence-corrected chi connectivity index (χ1v) is 7.83. The van der Waals surface area contributed by atoms with E-state index in [1.54, 1.807) is 7.05 Å². The van der Waals surface area contributed by atoms with Gasteiger partial charge in [0.15, 0.2) is 5.96 Å². The molecule has 1 saturated heterocycles. The number of nitrogens with zero attached hydrogens (tertiary/aromatic N) is 3. The molecule has 0 bridgehead atoms. The summed E-state index contributed by atoms with van der Waals surface area (Å²) < 4.78 is 13.0. The van der Waals surface area contributed by atoms with Crippen molar-refractivity contribution in [1.29, 1.82) is 0 Å². The van der Waals surface area contributed by atoms with Crippen LogP contribution < -0.4 is 10.6 Å². The first kappa shape index (κ1) is 20.2. The zero-order valence-corrected chi connectivity index (χ0v) is 16.4. The molecule has 0 amide bonds. The molecule has 1 aromatic heterocycles. The number of aliphatic imine (C=N–C) groups is 1. The quantitative estimate of drug-likeness (QED) is 0.381. The Kier molecular flexibility index (Phi) is 9.49. The van der Waals surface area contributed by atoms with Crippen molar-refractivity contribution in [2.75, 3.05) is 33.4 Å². The van der Waals surface area contributed by atoms with E-state index in [0.717, 1.165) is 32.1 Å². The van der Waals surface area contributed by atoms with Crippen LogP contribution in [0, 0.1) is 6.92 Å². The Labute approximate surface area is 155 Å². The van der Waals surface area contributed by atoms with Crippen LogP contribution in [0.25, 0.3) is 0 Å². The van der Waals surface area contributed by atoms with Crippen LogP contribution in [0.3, 0.4) is 0 Å². The van der Waals surface area contributed by atoms with E-state index in [2.05, 4.69) is 27.6 Å². The smallest absolute Gasteiger partial charge is 0.191 e. The second-order valence-corrected chi connectivity index (χ2v) is 5.64. The summed E-state index contributed by atoms with van der Waals surface area (Å²) in [5.74, 6) is 0.780. The monoisotopic (exact) mass is 437 g/mol. The molecular weight excluding hydrogens is 409 g/mol. The first-order valence-electron chi connectivity index (χ1n) is 7.83. The fourth-order valence-electron chi connectivity index (χ4n) is 2.27. The highest BCUT2D eigenvalue weighted by atomic mass is 127. The second-order valence-electron chi connectivity index (χ2n) is 5.64. The van der Waals surface area contributed by atoms with E-state index in [-0.39, 0.29) is 36.1 Å². The lowest BCUT2D eigenvalue weighted by Gasteiger charge is -2.19. The summed E-state index contributed by atoms with van der Waals surface area (Å²) in [6.45, 7) is 7.86. The number of halogens is 1. The van der Waals surface area contributed by atoms with Crippen LogP contribution in [-0.4, -0.2) is 61.3 Å². The van der Waals surface area contributed by atoms with Crippen molar-refractivity contribution in [3.05, 3.63) is 18.0 Å². The molecule has 0 aliphatic carbocycles. The minimum absolute atomic E-state index is 0. The molecule has 2 rings (SSSR count). The van der Waals surface area contributed by atoms with Gasteiger partial charge in [-0.3, -0.25) is 9.67 Å². The summed E-state index contributed by atoms with van der Waals surface area (Å²) in [5.41, 5.74) is 1.17. The number of aryl methyl sites for hydroxylation is 1. The Bertz CT molecular complexity index is 474. The van der Waals surface area contributed by atoms with Crippen LogP contribution >= 0.6 is 24.0 Å². The molecule has 1 aromatic rings. The minimum atomic E-state index is 0. The molecule has 1 fully saturated rings. The first-order chi connectivity index (χ1) is 10.7. The zero-order valence-electron chi connectivity index (χ0n) is 14.1. The highest BCUT2D eigenvalue weighted by molar-refractivity contribution is 14.0. The second kappa shape index (κ2) is 10.8. The van der Waals surface area contributed by atoms with Gasteiger partial charge >= 0.3 is 0 Å². The minimum Gasteiger partial charge on any atom is -0.379 e. The summed E-state index contributed by atoms with van der Waals surface area (Å²) in [6, 6.07) is 0.193. The fraction of sp³-hybridized carbons (Fsp3) is 0.733. The Morgan fingerprint density at radius 2 is 2.43 bits per heavy atom. The summed E-state index contributed by atoms with van der Waals surface area (Å²) in [6.07, 6.45) is 5.11. The molecule has 0 saturated carbocycles. The zero-order chi connectivity index (χ0) is 15.8. The summed E-state index contributed by atoms with van der Waals surface area (Å²) in [5, 5.41) is 10.9. The number of hydrogen-bond acceptors (Lipinski definition) is 4. The predicted octanol–water partition coefficient (Wildman–Crippen LogP) is 1.17. The van der Waals surface area contributed by atoms with Crippen molar-refractivity contribution in [1.82, 2.24) is 20.4 Å². The lowest BCUT2D eigenvalue weighted by atomic mass is 10.3. The molecule has 23 heavy (non-hydrogen) atoms. The lowest BCUT2D eigenvalue weighted by molar-refractivity contribution is 0.0347. The van der Waals surface area contributed by atoms with Crippen molar-refractivity contribution < 1.29 is 9.47 Å². The Morgan fingerprint density at radius 3 is 3.04 bits per heavy atom. The lowest BCUT2D eigenvalue weighted by Crippen LogP contribution is -2.45. The molecule has 1 aliphatic heterocycles. The van der Waals surface area contributed by atoms with Crippen LogP contribution in [-0.2, 0) is 16.0 Å². The number of ether oxygens (including phenoxy) is 2. The third-order valence-corrected chi connectivity index (χ3v) is 3.47. The normalized spacial score (nSPS) is 19.3. The Balaban J connectivity index is 0.00000264. The molecule has 0 radical (unpaired) electrons. The van der Waals surface area contributed by atoms with Gasteiger partial charge in [-0.25, -0.2) is 0 Å². The number of nitrogens with one attached hydrogen (secondary N) is 2. The van der Waals surface area contributed by atoms with Crippen LogP contribution in [0.2, 0.25) is 0 Å². The van der Waals surface area contributed by atoms with Crippen LogP contribution in [0.4, 0.5) is 0 Å². The van der Waals surface area contributed by atoms with Gasteiger partial charge in [-0.1, -0.05) is 0 Å². The molecule has 7 nitrogen and oxygen atoms in total. The average molecular weight is 437 g/mol. The van der Waals surface area contributed by atoms with Crippen molar-refractivity contribution in [2.24, 2.45) is 4.99 Å². The molecule has 8 heteroatoms. The average Bonchev–Trinajstić information content (AvgIpc) is 3.15. The maximum atomic E-state index is 5.80.